The van der Waals surface area contributed by atoms with Crippen molar-refractivity contribution < 1.29 is 14.3 Å². The van der Waals surface area contributed by atoms with Crippen molar-refractivity contribution in [2.45, 2.75) is 6.61 Å². The summed E-state index contributed by atoms with van der Waals surface area (Å²) in [6.45, 7) is 0.214. The number of benzene rings is 3. The van der Waals surface area contributed by atoms with Crippen LogP contribution in [-0.4, -0.2) is 5.97 Å². The molecule has 0 fully saturated rings. The first-order valence-electron chi connectivity index (χ1n) is 7.46. The third-order valence-corrected chi connectivity index (χ3v) is 3.89. The summed E-state index contributed by atoms with van der Waals surface area (Å²) in [6, 6.07) is 24.0. The van der Waals surface area contributed by atoms with Gasteiger partial charge in [-0.2, -0.15) is 0 Å². The Hall–Kier alpha value is -2.59. The molecule has 0 unspecified atom stereocenters. The van der Waals surface area contributed by atoms with E-state index in [0.717, 1.165) is 10.0 Å². The molecular formula is C20H15BrO3. The monoisotopic (exact) mass is 382 g/mol. The molecule has 0 N–H and O–H groups in total. The second-order valence-electron chi connectivity index (χ2n) is 5.11. The maximum Gasteiger partial charge on any atom is 0.342 e. The van der Waals surface area contributed by atoms with E-state index in [2.05, 4.69) is 15.9 Å². The van der Waals surface area contributed by atoms with Gasteiger partial charge in [0, 0.05) is 4.47 Å². The van der Waals surface area contributed by atoms with Gasteiger partial charge in [-0.05, 0) is 42.0 Å². The van der Waals surface area contributed by atoms with Gasteiger partial charge in [-0.25, -0.2) is 4.79 Å². The topological polar surface area (TPSA) is 35.5 Å². The molecule has 0 amide bonds. The summed E-state index contributed by atoms with van der Waals surface area (Å²) in [5.41, 5.74) is 1.33. The highest BCUT2D eigenvalue weighted by atomic mass is 79.9. The van der Waals surface area contributed by atoms with E-state index in [1.54, 1.807) is 18.2 Å². The lowest BCUT2D eigenvalue weighted by Gasteiger charge is -2.11. The van der Waals surface area contributed by atoms with Crippen molar-refractivity contribution in [2.75, 3.05) is 0 Å². The molecule has 0 heterocycles. The summed E-state index contributed by atoms with van der Waals surface area (Å²) in [5, 5.41) is 0. The van der Waals surface area contributed by atoms with Crippen LogP contribution in [0.2, 0.25) is 0 Å². The molecule has 0 saturated heterocycles. The summed E-state index contributed by atoms with van der Waals surface area (Å²) < 4.78 is 12.2. The zero-order valence-electron chi connectivity index (χ0n) is 12.8. The van der Waals surface area contributed by atoms with Gasteiger partial charge in [-0.1, -0.05) is 58.4 Å². The van der Waals surface area contributed by atoms with Gasteiger partial charge < -0.3 is 9.47 Å². The molecule has 0 bridgehead atoms. The van der Waals surface area contributed by atoms with Crippen LogP contribution in [0.3, 0.4) is 0 Å². The first kappa shape index (κ1) is 16.3. The van der Waals surface area contributed by atoms with Crippen molar-refractivity contribution in [3.05, 3.63) is 94.5 Å². The van der Waals surface area contributed by atoms with Crippen molar-refractivity contribution >= 4 is 21.9 Å². The predicted molar refractivity (Wildman–Crippen MR) is 96.2 cm³/mol. The lowest BCUT2D eigenvalue weighted by atomic mass is 10.2. The molecule has 0 atom stereocenters. The first-order chi connectivity index (χ1) is 11.7. The molecule has 0 aliphatic rings. The van der Waals surface area contributed by atoms with Gasteiger partial charge >= 0.3 is 5.97 Å². The molecule has 3 aromatic rings. The highest BCUT2D eigenvalue weighted by molar-refractivity contribution is 9.10. The molecule has 120 valence electrons. The van der Waals surface area contributed by atoms with E-state index in [9.17, 15) is 4.79 Å². The fourth-order valence-electron chi connectivity index (χ4n) is 2.15. The molecule has 4 heteroatoms. The molecular weight excluding hydrogens is 368 g/mol. The van der Waals surface area contributed by atoms with E-state index in [1.807, 2.05) is 60.7 Å². The van der Waals surface area contributed by atoms with Crippen LogP contribution in [0.15, 0.2) is 83.3 Å². The minimum Gasteiger partial charge on any atom is -0.457 e. The van der Waals surface area contributed by atoms with Crippen LogP contribution < -0.4 is 4.74 Å². The molecule has 0 aromatic heterocycles. The van der Waals surface area contributed by atoms with Gasteiger partial charge in [0.15, 0.2) is 0 Å². The Balaban J connectivity index is 1.71. The average Bonchev–Trinajstić information content (AvgIpc) is 2.62. The van der Waals surface area contributed by atoms with Gasteiger partial charge in [0.2, 0.25) is 0 Å². The Kier molecular flexibility index (Phi) is 5.29. The highest BCUT2D eigenvalue weighted by Crippen LogP contribution is 2.25. The number of rotatable bonds is 5. The zero-order valence-corrected chi connectivity index (χ0v) is 14.4. The molecule has 3 rings (SSSR count). The largest absolute Gasteiger partial charge is 0.457 e. The van der Waals surface area contributed by atoms with Crippen LogP contribution >= 0.6 is 15.9 Å². The van der Waals surface area contributed by atoms with Crippen LogP contribution in [-0.2, 0) is 11.3 Å². The number of halogens is 1. The van der Waals surface area contributed by atoms with Crippen LogP contribution in [0.1, 0.15) is 15.9 Å². The maximum atomic E-state index is 12.4. The maximum absolute atomic E-state index is 12.4. The standard InChI is InChI=1S/C20H15BrO3/c21-16-12-10-15(11-13-16)14-23-20(22)18-8-4-5-9-19(18)24-17-6-2-1-3-7-17/h1-13H,14H2. The first-order valence-corrected chi connectivity index (χ1v) is 8.25. The van der Waals surface area contributed by atoms with Crippen molar-refractivity contribution in [3.63, 3.8) is 0 Å². The summed E-state index contributed by atoms with van der Waals surface area (Å²) in [6.07, 6.45) is 0. The molecule has 0 aliphatic carbocycles. The molecule has 0 spiro atoms. The van der Waals surface area contributed by atoms with Gasteiger partial charge in [-0.15, -0.1) is 0 Å². The Morgan fingerprint density at radius 2 is 1.50 bits per heavy atom. The van der Waals surface area contributed by atoms with Crippen LogP contribution in [0, 0.1) is 0 Å². The van der Waals surface area contributed by atoms with Gasteiger partial charge in [0.25, 0.3) is 0 Å². The third-order valence-electron chi connectivity index (χ3n) is 3.36. The number of hydrogen-bond donors (Lipinski definition) is 0. The Morgan fingerprint density at radius 3 is 2.25 bits per heavy atom. The SMILES string of the molecule is O=C(OCc1ccc(Br)cc1)c1ccccc1Oc1ccccc1. The second-order valence-corrected chi connectivity index (χ2v) is 6.03. The molecule has 3 aromatic carbocycles. The predicted octanol–water partition coefficient (Wildman–Crippen LogP) is 5.60. The van der Waals surface area contributed by atoms with Crippen molar-refractivity contribution in [2.24, 2.45) is 0 Å². The molecule has 0 aliphatic heterocycles. The number of hydrogen-bond acceptors (Lipinski definition) is 3. The number of carbonyl (C=O) groups excluding carboxylic acids is 1. The molecule has 0 radical (unpaired) electrons. The minimum absolute atomic E-state index is 0.214. The van der Waals surface area contributed by atoms with E-state index in [1.165, 1.54) is 0 Å². The van der Waals surface area contributed by atoms with Gasteiger partial charge in [0.05, 0.1) is 0 Å². The van der Waals surface area contributed by atoms with Gasteiger partial charge in [-0.3, -0.25) is 0 Å². The van der Waals surface area contributed by atoms with Crippen LogP contribution in [0.25, 0.3) is 0 Å². The van der Waals surface area contributed by atoms with E-state index in [0.29, 0.717) is 17.1 Å². The van der Waals surface area contributed by atoms with E-state index in [-0.39, 0.29) is 6.61 Å². The number of para-hydroxylation sites is 2. The second kappa shape index (κ2) is 7.79. The van der Waals surface area contributed by atoms with Crippen molar-refractivity contribution in [3.8, 4) is 11.5 Å². The number of ether oxygens (including phenoxy) is 2. The van der Waals surface area contributed by atoms with E-state index < -0.39 is 5.97 Å². The summed E-state index contributed by atoms with van der Waals surface area (Å²) in [5.74, 6) is 0.736. The fraction of sp³-hybridized carbons (Fsp3) is 0.0500. The van der Waals surface area contributed by atoms with E-state index in [4.69, 9.17) is 9.47 Å². The molecule has 3 nitrogen and oxygen atoms in total. The van der Waals surface area contributed by atoms with Crippen molar-refractivity contribution in [1.29, 1.82) is 0 Å². The molecule has 0 saturated carbocycles. The smallest absolute Gasteiger partial charge is 0.342 e. The van der Waals surface area contributed by atoms with Gasteiger partial charge in [0.1, 0.15) is 23.7 Å². The van der Waals surface area contributed by atoms with Crippen LogP contribution in [0.5, 0.6) is 11.5 Å². The number of esters is 1. The lowest BCUT2D eigenvalue weighted by molar-refractivity contribution is 0.0470. The quantitative estimate of drug-likeness (QED) is 0.538. The normalized spacial score (nSPS) is 10.2. The van der Waals surface area contributed by atoms with E-state index >= 15 is 0 Å². The summed E-state index contributed by atoms with van der Waals surface area (Å²) in [7, 11) is 0. The highest BCUT2D eigenvalue weighted by Gasteiger charge is 2.14. The van der Waals surface area contributed by atoms with Crippen molar-refractivity contribution in [1.82, 2.24) is 0 Å². The summed E-state index contributed by atoms with van der Waals surface area (Å²) >= 11 is 3.38. The summed E-state index contributed by atoms with van der Waals surface area (Å²) in [4.78, 5) is 12.4. The fourth-order valence-corrected chi connectivity index (χ4v) is 2.41. The Labute approximate surface area is 149 Å². The minimum atomic E-state index is -0.413. The Morgan fingerprint density at radius 1 is 0.833 bits per heavy atom. The Bertz CT molecular complexity index is 814. The lowest BCUT2D eigenvalue weighted by Crippen LogP contribution is -2.07. The molecule has 24 heavy (non-hydrogen) atoms. The third kappa shape index (κ3) is 4.24. The van der Waals surface area contributed by atoms with Crippen LogP contribution in [0.4, 0.5) is 0 Å². The zero-order chi connectivity index (χ0) is 16.8. The average molecular weight is 383 g/mol. The number of carbonyl (C=O) groups is 1.